The first kappa shape index (κ1) is 15.2. The first-order valence-electron chi connectivity index (χ1n) is 6.65. The minimum atomic E-state index is 0.154. The summed E-state index contributed by atoms with van der Waals surface area (Å²) in [6.45, 7) is 9.61. The first-order valence-corrected chi connectivity index (χ1v) is 6.65. The van der Waals surface area contributed by atoms with Crippen molar-refractivity contribution in [1.29, 1.82) is 0 Å². The minimum absolute atomic E-state index is 0.154. The van der Waals surface area contributed by atoms with E-state index in [1.165, 1.54) is 0 Å². The van der Waals surface area contributed by atoms with Crippen LogP contribution in [-0.2, 0) is 13.6 Å². The van der Waals surface area contributed by atoms with Crippen molar-refractivity contribution in [3.63, 3.8) is 0 Å². The van der Waals surface area contributed by atoms with Gasteiger partial charge in [0, 0.05) is 25.0 Å². The third-order valence-electron chi connectivity index (χ3n) is 3.33. The maximum atomic E-state index is 9.39. The van der Waals surface area contributed by atoms with Gasteiger partial charge in [-0.1, -0.05) is 20.8 Å². The summed E-state index contributed by atoms with van der Waals surface area (Å²) in [5.41, 5.74) is 1.47. The SMILES string of the molecule is Cc1cnc(CNC(CO)CCC(C)(C)C)n1C. The molecule has 1 heterocycles. The average Bonchev–Trinajstić information content (AvgIpc) is 2.59. The summed E-state index contributed by atoms with van der Waals surface area (Å²) < 4.78 is 2.07. The molecule has 0 saturated carbocycles. The van der Waals surface area contributed by atoms with Crippen LogP contribution >= 0.6 is 0 Å². The van der Waals surface area contributed by atoms with Crippen LogP contribution in [0.1, 0.15) is 45.1 Å². The van der Waals surface area contributed by atoms with Gasteiger partial charge in [0.15, 0.2) is 0 Å². The second-order valence-corrected chi connectivity index (χ2v) is 6.23. The van der Waals surface area contributed by atoms with E-state index in [0.717, 1.165) is 24.4 Å². The van der Waals surface area contributed by atoms with E-state index >= 15 is 0 Å². The number of hydrogen-bond acceptors (Lipinski definition) is 3. The number of rotatable bonds is 6. The van der Waals surface area contributed by atoms with Gasteiger partial charge >= 0.3 is 0 Å². The van der Waals surface area contributed by atoms with Crippen LogP contribution in [0.3, 0.4) is 0 Å². The zero-order chi connectivity index (χ0) is 13.8. The molecular formula is C14H27N3O. The fourth-order valence-electron chi connectivity index (χ4n) is 1.81. The lowest BCUT2D eigenvalue weighted by Gasteiger charge is -2.22. The van der Waals surface area contributed by atoms with Gasteiger partial charge in [-0.15, -0.1) is 0 Å². The van der Waals surface area contributed by atoms with Crippen LogP contribution in [0.2, 0.25) is 0 Å². The Hall–Kier alpha value is -0.870. The molecular weight excluding hydrogens is 226 g/mol. The second kappa shape index (κ2) is 6.34. The highest BCUT2D eigenvalue weighted by Crippen LogP contribution is 2.21. The molecule has 18 heavy (non-hydrogen) atoms. The highest BCUT2D eigenvalue weighted by atomic mass is 16.3. The van der Waals surface area contributed by atoms with Crippen molar-refractivity contribution in [3.8, 4) is 0 Å². The molecule has 0 radical (unpaired) electrons. The van der Waals surface area contributed by atoms with Crippen molar-refractivity contribution < 1.29 is 5.11 Å². The lowest BCUT2D eigenvalue weighted by Crippen LogP contribution is -2.33. The molecule has 0 spiro atoms. The van der Waals surface area contributed by atoms with E-state index in [1.54, 1.807) is 0 Å². The minimum Gasteiger partial charge on any atom is -0.395 e. The van der Waals surface area contributed by atoms with E-state index in [1.807, 2.05) is 20.2 Å². The van der Waals surface area contributed by atoms with Crippen molar-refractivity contribution in [2.75, 3.05) is 6.61 Å². The number of nitrogens with one attached hydrogen (secondary N) is 1. The molecule has 0 bridgehead atoms. The predicted octanol–water partition coefficient (Wildman–Crippen LogP) is 2.01. The third-order valence-corrected chi connectivity index (χ3v) is 3.33. The smallest absolute Gasteiger partial charge is 0.122 e. The maximum absolute atomic E-state index is 9.39. The number of nitrogens with zero attached hydrogens (tertiary/aromatic N) is 2. The Morgan fingerprint density at radius 3 is 2.56 bits per heavy atom. The van der Waals surface area contributed by atoms with Crippen LogP contribution in [0.15, 0.2) is 6.20 Å². The number of aryl methyl sites for hydroxylation is 1. The zero-order valence-electron chi connectivity index (χ0n) is 12.3. The molecule has 0 aliphatic carbocycles. The Morgan fingerprint density at radius 2 is 2.11 bits per heavy atom. The van der Waals surface area contributed by atoms with Crippen LogP contribution in [0, 0.1) is 12.3 Å². The molecule has 0 saturated heterocycles. The molecule has 0 amide bonds. The normalized spacial score (nSPS) is 13.9. The Balaban J connectivity index is 2.42. The van der Waals surface area contributed by atoms with E-state index in [-0.39, 0.29) is 12.6 Å². The molecule has 2 N–H and O–H groups in total. The molecule has 1 aromatic rings. The summed E-state index contributed by atoms with van der Waals surface area (Å²) in [5.74, 6) is 1.02. The van der Waals surface area contributed by atoms with Gasteiger partial charge in [0.25, 0.3) is 0 Å². The molecule has 1 rings (SSSR count). The quantitative estimate of drug-likeness (QED) is 0.815. The van der Waals surface area contributed by atoms with Gasteiger partial charge in [0.1, 0.15) is 5.82 Å². The number of hydrogen-bond donors (Lipinski definition) is 2. The van der Waals surface area contributed by atoms with Crippen molar-refractivity contribution >= 4 is 0 Å². The molecule has 4 heteroatoms. The van der Waals surface area contributed by atoms with Crippen LogP contribution in [0.25, 0.3) is 0 Å². The topological polar surface area (TPSA) is 50.1 Å². The number of aliphatic hydroxyl groups excluding tert-OH is 1. The number of imidazole rings is 1. The Morgan fingerprint density at radius 1 is 1.44 bits per heavy atom. The molecule has 1 unspecified atom stereocenters. The molecule has 1 atom stereocenters. The third kappa shape index (κ3) is 4.78. The average molecular weight is 253 g/mol. The Bertz CT molecular complexity index is 366. The molecule has 0 aliphatic heterocycles. The van der Waals surface area contributed by atoms with Crippen molar-refractivity contribution in [2.24, 2.45) is 12.5 Å². The monoisotopic (exact) mass is 253 g/mol. The maximum Gasteiger partial charge on any atom is 0.122 e. The van der Waals surface area contributed by atoms with Crippen LogP contribution in [0.4, 0.5) is 0 Å². The molecule has 4 nitrogen and oxygen atoms in total. The van der Waals surface area contributed by atoms with E-state index in [2.05, 4.69) is 35.6 Å². The second-order valence-electron chi connectivity index (χ2n) is 6.23. The predicted molar refractivity (Wildman–Crippen MR) is 74.3 cm³/mol. The van der Waals surface area contributed by atoms with Crippen molar-refractivity contribution in [3.05, 3.63) is 17.7 Å². The van der Waals surface area contributed by atoms with E-state index in [0.29, 0.717) is 12.0 Å². The van der Waals surface area contributed by atoms with Gasteiger partial charge in [-0.05, 0) is 25.2 Å². The lowest BCUT2D eigenvalue weighted by molar-refractivity contribution is 0.216. The van der Waals surface area contributed by atoms with E-state index in [4.69, 9.17) is 0 Å². The summed E-state index contributed by atoms with van der Waals surface area (Å²) in [7, 11) is 2.02. The summed E-state index contributed by atoms with van der Waals surface area (Å²) in [5, 5.41) is 12.8. The van der Waals surface area contributed by atoms with Gasteiger partial charge in [0.05, 0.1) is 13.2 Å². The van der Waals surface area contributed by atoms with Gasteiger partial charge in [-0.25, -0.2) is 4.98 Å². The highest BCUT2D eigenvalue weighted by molar-refractivity contribution is 5.02. The molecule has 1 aromatic heterocycles. The highest BCUT2D eigenvalue weighted by Gasteiger charge is 2.15. The molecule has 0 aromatic carbocycles. The van der Waals surface area contributed by atoms with Gasteiger partial charge in [0.2, 0.25) is 0 Å². The van der Waals surface area contributed by atoms with Crippen LogP contribution in [-0.4, -0.2) is 27.3 Å². The summed E-state index contributed by atoms with van der Waals surface area (Å²) in [6.07, 6.45) is 3.97. The van der Waals surface area contributed by atoms with Gasteiger partial charge in [-0.3, -0.25) is 0 Å². The van der Waals surface area contributed by atoms with Crippen LogP contribution < -0.4 is 5.32 Å². The number of aromatic nitrogens is 2. The first-order chi connectivity index (χ1) is 8.33. The van der Waals surface area contributed by atoms with E-state index < -0.39 is 0 Å². The summed E-state index contributed by atoms with van der Waals surface area (Å²) >= 11 is 0. The fraction of sp³-hybridized carbons (Fsp3) is 0.786. The Kier molecular flexibility index (Phi) is 5.35. The van der Waals surface area contributed by atoms with E-state index in [9.17, 15) is 5.11 Å². The fourth-order valence-corrected chi connectivity index (χ4v) is 1.81. The number of aliphatic hydroxyl groups is 1. The summed E-state index contributed by atoms with van der Waals surface area (Å²) in [4.78, 5) is 4.35. The zero-order valence-corrected chi connectivity index (χ0v) is 12.3. The molecule has 0 fully saturated rings. The van der Waals surface area contributed by atoms with Gasteiger partial charge in [-0.2, -0.15) is 0 Å². The van der Waals surface area contributed by atoms with Gasteiger partial charge < -0.3 is 15.0 Å². The van der Waals surface area contributed by atoms with Crippen LogP contribution in [0.5, 0.6) is 0 Å². The summed E-state index contributed by atoms with van der Waals surface area (Å²) in [6, 6.07) is 0.154. The molecule has 0 aliphatic rings. The van der Waals surface area contributed by atoms with Crippen molar-refractivity contribution in [2.45, 2.75) is 53.1 Å². The largest absolute Gasteiger partial charge is 0.395 e. The standard InChI is InChI=1S/C14H27N3O/c1-11-8-16-13(17(11)5)9-15-12(10-18)6-7-14(2,3)4/h8,12,15,18H,6-7,9-10H2,1-5H3. The molecule has 104 valence electrons. The van der Waals surface area contributed by atoms with Crippen molar-refractivity contribution in [1.82, 2.24) is 14.9 Å². The Labute approximate surface area is 110 Å². The lowest BCUT2D eigenvalue weighted by atomic mass is 9.89.